The highest BCUT2D eigenvalue weighted by atomic mass is 127. The molecule has 1 atom stereocenters. The minimum absolute atomic E-state index is 0.233. The standard InChI is InChI=1S/C15H21IN2O3/c1-15(2,3)21-14(19)18-7-5-11(9-18)10-20-13-4-6-17-8-12(13)16/h4,6,8,11H,5,7,9-10H2,1-3H3/t11-/m1/s1. The van der Waals surface area contributed by atoms with Gasteiger partial charge in [0.15, 0.2) is 0 Å². The zero-order chi connectivity index (χ0) is 15.5. The van der Waals surface area contributed by atoms with Crippen LogP contribution in [0.4, 0.5) is 4.79 Å². The van der Waals surface area contributed by atoms with Gasteiger partial charge in [-0.15, -0.1) is 0 Å². The first-order valence-corrected chi connectivity index (χ1v) is 8.13. The fourth-order valence-corrected chi connectivity index (χ4v) is 2.64. The number of ether oxygens (including phenoxy) is 2. The van der Waals surface area contributed by atoms with Crippen molar-refractivity contribution < 1.29 is 14.3 Å². The Kier molecular flexibility index (Phi) is 5.29. The molecule has 0 saturated carbocycles. The molecule has 116 valence electrons. The van der Waals surface area contributed by atoms with E-state index in [4.69, 9.17) is 9.47 Å². The van der Waals surface area contributed by atoms with Crippen LogP contribution in [0, 0.1) is 9.49 Å². The topological polar surface area (TPSA) is 51.7 Å². The van der Waals surface area contributed by atoms with Gasteiger partial charge in [-0.25, -0.2) is 4.79 Å². The Morgan fingerprint density at radius 1 is 1.52 bits per heavy atom. The molecule has 0 unspecified atom stereocenters. The number of carbonyl (C=O) groups is 1. The first-order chi connectivity index (χ1) is 9.85. The fraction of sp³-hybridized carbons (Fsp3) is 0.600. The summed E-state index contributed by atoms with van der Waals surface area (Å²) in [5.41, 5.74) is -0.446. The molecule has 2 rings (SSSR count). The van der Waals surface area contributed by atoms with Gasteiger partial charge in [0.25, 0.3) is 0 Å². The van der Waals surface area contributed by atoms with E-state index in [1.807, 2.05) is 26.8 Å². The number of amides is 1. The minimum Gasteiger partial charge on any atom is -0.492 e. The SMILES string of the molecule is CC(C)(C)OC(=O)N1CC[C@@H](COc2ccncc2I)C1. The normalized spacial score (nSPS) is 18.7. The van der Waals surface area contributed by atoms with Crippen LogP contribution in [0.5, 0.6) is 5.75 Å². The van der Waals surface area contributed by atoms with E-state index in [-0.39, 0.29) is 6.09 Å². The number of hydrogen-bond acceptors (Lipinski definition) is 4. The van der Waals surface area contributed by atoms with Crippen LogP contribution in [-0.4, -0.2) is 41.3 Å². The summed E-state index contributed by atoms with van der Waals surface area (Å²) in [5.74, 6) is 1.20. The second kappa shape index (κ2) is 6.81. The quantitative estimate of drug-likeness (QED) is 0.726. The Balaban J connectivity index is 1.80. The second-order valence-electron chi connectivity index (χ2n) is 6.20. The zero-order valence-corrected chi connectivity index (χ0v) is 14.8. The maximum atomic E-state index is 12.0. The molecule has 1 aromatic heterocycles. The Morgan fingerprint density at radius 3 is 2.95 bits per heavy atom. The van der Waals surface area contributed by atoms with E-state index in [9.17, 15) is 4.79 Å². The second-order valence-corrected chi connectivity index (χ2v) is 7.36. The number of aromatic nitrogens is 1. The first-order valence-electron chi connectivity index (χ1n) is 7.05. The lowest BCUT2D eigenvalue weighted by molar-refractivity contribution is 0.0285. The summed E-state index contributed by atoms with van der Waals surface area (Å²) in [4.78, 5) is 17.8. The third kappa shape index (κ3) is 5.01. The predicted molar refractivity (Wildman–Crippen MR) is 88.4 cm³/mol. The van der Waals surface area contributed by atoms with Gasteiger partial charge in [0.1, 0.15) is 11.4 Å². The molecule has 2 heterocycles. The van der Waals surface area contributed by atoms with Crippen molar-refractivity contribution in [1.82, 2.24) is 9.88 Å². The monoisotopic (exact) mass is 404 g/mol. The molecule has 5 nitrogen and oxygen atoms in total. The van der Waals surface area contributed by atoms with E-state index in [0.717, 1.165) is 22.3 Å². The van der Waals surface area contributed by atoms with Gasteiger partial charge < -0.3 is 14.4 Å². The lowest BCUT2D eigenvalue weighted by Gasteiger charge is -2.24. The average molecular weight is 404 g/mol. The van der Waals surface area contributed by atoms with Gasteiger partial charge in [0.05, 0.1) is 10.2 Å². The van der Waals surface area contributed by atoms with Crippen molar-refractivity contribution in [3.05, 3.63) is 22.0 Å². The van der Waals surface area contributed by atoms with Gasteiger partial charge in [-0.2, -0.15) is 0 Å². The number of carbonyl (C=O) groups excluding carboxylic acids is 1. The van der Waals surface area contributed by atoms with E-state index < -0.39 is 5.60 Å². The largest absolute Gasteiger partial charge is 0.492 e. The van der Waals surface area contributed by atoms with Crippen molar-refractivity contribution >= 4 is 28.7 Å². The van der Waals surface area contributed by atoms with Crippen LogP contribution < -0.4 is 4.74 Å². The highest BCUT2D eigenvalue weighted by molar-refractivity contribution is 14.1. The summed E-state index contributed by atoms with van der Waals surface area (Å²) < 4.78 is 12.2. The lowest BCUT2D eigenvalue weighted by Crippen LogP contribution is -2.35. The van der Waals surface area contributed by atoms with Crippen LogP contribution in [0.25, 0.3) is 0 Å². The van der Waals surface area contributed by atoms with Crippen LogP contribution in [0.15, 0.2) is 18.5 Å². The number of rotatable bonds is 3. The summed E-state index contributed by atoms with van der Waals surface area (Å²) in [6, 6.07) is 1.86. The summed E-state index contributed by atoms with van der Waals surface area (Å²) in [7, 11) is 0. The van der Waals surface area contributed by atoms with Gasteiger partial charge in [-0.1, -0.05) is 0 Å². The molecule has 1 aliphatic heterocycles. The summed E-state index contributed by atoms with van der Waals surface area (Å²) in [6.07, 6.45) is 4.21. The van der Waals surface area contributed by atoms with E-state index in [0.29, 0.717) is 19.1 Å². The predicted octanol–water partition coefficient (Wildman–Crippen LogP) is 3.32. The molecule has 1 aromatic rings. The Bertz CT molecular complexity index is 502. The van der Waals surface area contributed by atoms with Crippen LogP contribution >= 0.6 is 22.6 Å². The zero-order valence-electron chi connectivity index (χ0n) is 12.6. The molecule has 6 heteroatoms. The fourth-order valence-electron chi connectivity index (χ4n) is 2.15. The summed E-state index contributed by atoms with van der Waals surface area (Å²) >= 11 is 2.20. The van der Waals surface area contributed by atoms with Crippen molar-refractivity contribution in [2.75, 3.05) is 19.7 Å². The number of hydrogen-bond donors (Lipinski definition) is 0. The van der Waals surface area contributed by atoms with Gasteiger partial charge in [0.2, 0.25) is 0 Å². The Labute approximate surface area is 139 Å². The number of halogens is 1. The van der Waals surface area contributed by atoms with Gasteiger partial charge in [0, 0.05) is 31.4 Å². The molecule has 0 radical (unpaired) electrons. The molecule has 1 aliphatic rings. The van der Waals surface area contributed by atoms with Crippen LogP contribution in [0.1, 0.15) is 27.2 Å². The van der Waals surface area contributed by atoms with Crippen LogP contribution in [0.3, 0.4) is 0 Å². The molecular weight excluding hydrogens is 383 g/mol. The van der Waals surface area contributed by atoms with Crippen molar-refractivity contribution in [2.45, 2.75) is 32.8 Å². The van der Waals surface area contributed by atoms with Gasteiger partial charge >= 0.3 is 6.09 Å². The lowest BCUT2D eigenvalue weighted by atomic mass is 10.1. The van der Waals surface area contributed by atoms with Gasteiger partial charge in [-0.3, -0.25) is 4.98 Å². The van der Waals surface area contributed by atoms with E-state index in [1.165, 1.54) is 0 Å². The highest BCUT2D eigenvalue weighted by Crippen LogP contribution is 2.23. The van der Waals surface area contributed by atoms with Crippen molar-refractivity contribution in [3.63, 3.8) is 0 Å². The average Bonchev–Trinajstić information content (AvgIpc) is 2.85. The maximum Gasteiger partial charge on any atom is 0.410 e. The van der Waals surface area contributed by atoms with Gasteiger partial charge in [-0.05, 0) is 55.8 Å². The highest BCUT2D eigenvalue weighted by Gasteiger charge is 2.30. The smallest absolute Gasteiger partial charge is 0.410 e. The van der Waals surface area contributed by atoms with Crippen molar-refractivity contribution in [3.8, 4) is 5.75 Å². The molecule has 1 fully saturated rings. The first kappa shape index (κ1) is 16.3. The molecular formula is C15H21IN2O3. The third-order valence-corrected chi connectivity index (χ3v) is 3.96. The minimum atomic E-state index is -0.446. The van der Waals surface area contributed by atoms with E-state index in [1.54, 1.807) is 17.3 Å². The number of pyridine rings is 1. The van der Waals surface area contributed by atoms with E-state index in [2.05, 4.69) is 27.6 Å². The number of likely N-dealkylation sites (tertiary alicyclic amines) is 1. The molecule has 0 aliphatic carbocycles. The number of nitrogens with zero attached hydrogens (tertiary/aromatic N) is 2. The third-order valence-electron chi connectivity index (χ3n) is 3.15. The Hall–Kier alpha value is -1.05. The van der Waals surface area contributed by atoms with Crippen molar-refractivity contribution in [1.29, 1.82) is 0 Å². The molecule has 0 aromatic carbocycles. The molecule has 21 heavy (non-hydrogen) atoms. The molecule has 0 spiro atoms. The van der Waals surface area contributed by atoms with Crippen LogP contribution in [-0.2, 0) is 4.74 Å². The summed E-state index contributed by atoms with van der Waals surface area (Å²) in [6.45, 7) is 7.68. The van der Waals surface area contributed by atoms with Crippen LogP contribution in [0.2, 0.25) is 0 Å². The summed E-state index contributed by atoms with van der Waals surface area (Å²) in [5, 5.41) is 0. The molecule has 1 saturated heterocycles. The van der Waals surface area contributed by atoms with Crippen molar-refractivity contribution in [2.24, 2.45) is 5.92 Å². The molecule has 1 amide bonds. The molecule has 0 N–H and O–H groups in total. The Morgan fingerprint density at radius 2 is 2.29 bits per heavy atom. The maximum absolute atomic E-state index is 12.0. The van der Waals surface area contributed by atoms with E-state index >= 15 is 0 Å². The molecule has 0 bridgehead atoms.